The Morgan fingerprint density at radius 3 is 2.58 bits per heavy atom. The van der Waals surface area contributed by atoms with Crippen molar-refractivity contribution in [2.75, 3.05) is 19.0 Å². The molecule has 0 atom stereocenters. The van der Waals surface area contributed by atoms with Gasteiger partial charge in [0.2, 0.25) is 0 Å². The van der Waals surface area contributed by atoms with Crippen LogP contribution in [0.2, 0.25) is 0 Å². The molecule has 1 N–H and O–H groups in total. The second kappa shape index (κ2) is 5.85. The molecule has 0 spiro atoms. The van der Waals surface area contributed by atoms with Crippen LogP contribution >= 0.6 is 0 Å². The van der Waals surface area contributed by atoms with Crippen LogP contribution in [0.25, 0.3) is 0 Å². The van der Waals surface area contributed by atoms with Gasteiger partial charge >= 0.3 is 0 Å². The van der Waals surface area contributed by atoms with Gasteiger partial charge in [0.25, 0.3) is 0 Å². The molecule has 1 aromatic carbocycles. The Bertz CT molecular complexity index is 564. The van der Waals surface area contributed by atoms with E-state index in [-0.39, 0.29) is 0 Å². The van der Waals surface area contributed by atoms with E-state index in [2.05, 4.69) is 59.5 Å². The van der Waals surface area contributed by atoms with Crippen LogP contribution in [-0.2, 0) is 6.54 Å². The minimum atomic E-state index is 0.818. The molecular formula is C16H21N3. The van der Waals surface area contributed by atoms with Crippen LogP contribution in [0.3, 0.4) is 0 Å². The van der Waals surface area contributed by atoms with E-state index in [4.69, 9.17) is 0 Å². The number of rotatable bonds is 4. The maximum absolute atomic E-state index is 4.39. The highest BCUT2D eigenvalue weighted by atomic mass is 15.1. The maximum Gasteiger partial charge on any atom is 0.0487 e. The van der Waals surface area contributed by atoms with Crippen molar-refractivity contribution in [1.82, 2.24) is 10.3 Å². The average molecular weight is 255 g/mol. The smallest absolute Gasteiger partial charge is 0.0487 e. The van der Waals surface area contributed by atoms with Crippen molar-refractivity contribution in [3.63, 3.8) is 0 Å². The van der Waals surface area contributed by atoms with Gasteiger partial charge in [0, 0.05) is 42.4 Å². The summed E-state index contributed by atoms with van der Waals surface area (Å²) >= 11 is 0. The van der Waals surface area contributed by atoms with Gasteiger partial charge in [-0.15, -0.1) is 0 Å². The summed E-state index contributed by atoms with van der Waals surface area (Å²) in [6, 6.07) is 10.6. The topological polar surface area (TPSA) is 28.2 Å². The van der Waals surface area contributed by atoms with Gasteiger partial charge in [-0.2, -0.15) is 0 Å². The third-order valence-electron chi connectivity index (χ3n) is 3.30. The van der Waals surface area contributed by atoms with Crippen molar-refractivity contribution in [1.29, 1.82) is 0 Å². The molecule has 19 heavy (non-hydrogen) atoms. The molecule has 0 fully saturated rings. The van der Waals surface area contributed by atoms with E-state index in [0.717, 1.165) is 12.2 Å². The first-order valence-electron chi connectivity index (χ1n) is 6.53. The lowest BCUT2D eigenvalue weighted by atomic mass is 10.1. The summed E-state index contributed by atoms with van der Waals surface area (Å²) in [5.41, 5.74) is 5.95. The second-order valence-corrected chi connectivity index (χ2v) is 4.83. The van der Waals surface area contributed by atoms with E-state index in [9.17, 15) is 0 Å². The van der Waals surface area contributed by atoms with Crippen molar-refractivity contribution in [2.45, 2.75) is 20.4 Å². The van der Waals surface area contributed by atoms with E-state index in [1.54, 1.807) is 0 Å². The zero-order valence-corrected chi connectivity index (χ0v) is 12.1. The normalized spacial score (nSPS) is 10.5. The Morgan fingerprint density at radius 1 is 1.16 bits per heavy atom. The summed E-state index contributed by atoms with van der Waals surface area (Å²) in [5, 5.41) is 3.20. The molecule has 0 saturated heterocycles. The van der Waals surface area contributed by atoms with Crippen molar-refractivity contribution in [3.05, 3.63) is 53.3 Å². The predicted octanol–water partition coefficient (Wildman–Crippen LogP) is 3.19. The van der Waals surface area contributed by atoms with Gasteiger partial charge in [0.05, 0.1) is 0 Å². The number of nitrogens with one attached hydrogen (secondary N) is 1. The van der Waals surface area contributed by atoms with Crippen molar-refractivity contribution >= 4 is 11.4 Å². The summed E-state index contributed by atoms with van der Waals surface area (Å²) in [7, 11) is 4.06. The minimum Gasteiger partial charge on any atom is -0.344 e. The summed E-state index contributed by atoms with van der Waals surface area (Å²) in [5.74, 6) is 0. The van der Waals surface area contributed by atoms with Crippen LogP contribution in [0.5, 0.6) is 0 Å². The Labute approximate surface area is 115 Å². The van der Waals surface area contributed by atoms with Crippen LogP contribution in [0.15, 0.2) is 36.5 Å². The number of benzene rings is 1. The quantitative estimate of drug-likeness (QED) is 0.909. The Balaban J connectivity index is 2.45. The van der Waals surface area contributed by atoms with E-state index < -0.39 is 0 Å². The highest BCUT2D eigenvalue weighted by molar-refractivity contribution is 5.68. The monoisotopic (exact) mass is 255 g/mol. The number of pyridine rings is 1. The number of hydrogen-bond acceptors (Lipinski definition) is 3. The number of hydrogen-bond donors (Lipinski definition) is 1. The zero-order valence-electron chi connectivity index (χ0n) is 12.1. The van der Waals surface area contributed by atoms with Gasteiger partial charge in [-0.25, -0.2) is 0 Å². The first-order valence-corrected chi connectivity index (χ1v) is 6.53. The largest absolute Gasteiger partial charge is 0.344 e. The minimum absolute atomic E-state index is 0.818. The van der Waals surface area contributed by atoms with Crippen LogP contribution in [-0.4, -0.2) is 19.1 Å². The molecule has 0 radical (unpaired) electrons. The molecule has 0 aliphatic carbocycles. The third-order valence-corrected chi connectivity index (χ3v) is 3.30. The first kappa shape index (κ1) is 13.6. The number of aryl methyl sites for hydroxylation is 2. The number of para-hydroxylation sites is 1. The fourth-order valence-electron chi connectivity index (χ4n) is 2.28. The van der Waals surface area contributed by atoms with E-state index >= 15 is 0 Å². The summed E-state index contributed by atoms with van der Waals surface area (Å²) < 4.78 is 0. The Hall–Kier alpha value is -1.87. The first-order chi connectivity index (χ1) is 9.13. The molecule has 0 aliphatic rings. The maximum atomic E-state index is 4.39. The van der Waals surface area contributed by atoms with Crippen molar-refractivity contribution < 1.29 is 0 Å². The molecule has 100 valence electrons. The Morgan fingerprint density at radius 2 is 1.89 bits per heavy atom. The molecule has 3 heteroatoms. The molecule has 0 amide bonds. The predicted molar refractivity (Wildman–Crippen MR) is 81.0 cm³/mol. The van der Waals surface area contributed by atoms with Gasteiger partial charge < -0.3 is 10.2 Å². The lowest BCUT2D eigenvalue weighted by molar-refractivity contribution is 0.809. The fourth-order valence-corrected chi connectivity index (χ4v) is 2.28. The highest BCUT2D eigenvalue weighted by Gasteiger charge is 2.11. The molecule has 0 aliphatic heterocycles. The van der Waals surface area contributed by atoms with Gasteiger partial charge in [0.1, 0.15) is 0 Å². The van der Waals surface area contributed by atoms with E-state index in [1.165, 1.54) is 22.5 Å². The Kier molecular flexibility index (Phi) is 4.17. The standard InChI is InChI=1S/C16H21N3/c1-12-7-5-6-8-15(12)19(4)16-9-13(2)18-11-14(16)10-17-3/h5-9,11,17H,10H2,1-4H3. The van der Waals surface area contributed by atoms with Gasteiger partial charge in [-0.3, -0.25) is 4.98 Å². The summed E-state index contributed by atoms with van der Waals surface area (Å²) in [6.07, 6.45) is 1.95. The average Bonchev–Trinajstić information content (AvgIpc) is 2.41. The number of anilines is 2. The molecule has 0 unspecified atom stereocenters. The van der Waals surface area contributed by atoms with Gasteiger partial charge in [0.15, 0.2) is 0 Å². The molecule has 1 heterocycles. The van der Waals surface area contributed by atoms with E-state index in [1.807, 2.05) is 20.2 Å². The fraction of sp³-hybridized carbons (Fsp3) is 0.312. The lowest BCUT2D eigenvalue weighted by Gasteiger charge is -2.24. The van der Waals surface area contributed by atoms with Crippen LogP contribution in [0, 0.1) is 13.8 Å². The van der Waals surface area contributed by atoms with E-state index in [0.29, 0.717) is 0 Å². The van der Waals surface area contributed by atoms with Crippen molar-refractivity contribution in [3.8, 4) is 0 Å². The van der Waals surface area contributed by atoms with Gasteiger partial charge in [-0.05, 0) is 38.6 Å². The zero-order chi connectivity index (χ0) is 13.8. The van der Waals surface area contributed by atoms with Crippen LogP contribution < -0.4 is 10.2 Å². The molecule has 2 rings (SSSR count). The number of aromatic nitrogens is 1. The molecule has 0 saturated carbocycles. The summed E-state index contributed by atoms with van der Waals surface area (Å²) in [4.78, 5) is 6.62. The molecule has 0 bridgehead atoms. The SMILES string of the molecule is CNCc1cnc(C)cc1N(C)c1ccccc1C. The lowest BCUT2D eigenvalue weighted by Crippen LogP contribution is -2.16. The van der Waals surface area contributed by atoms with Crippen LogP contribution in [0.4, 0.5) is 11.4 Å². The second-order valence-electron chi connectivity index (χ2n) is 4.83. The third kappa shape index (κ3) is 2.93. The van der Waals surface area contributed by atoms with Crippen molar-refractivity contribution in [2.24, 2.45) is 0 Å². The van der Waals surface area contributed by atoms with Crippen LogP contribution in [0.1, 0.15) is 16.8 Å². The highest BCUT2D eigenvalue weighted by Crippen LogP contribution is 2.29. The molecule has 3 nitrogen and oxygen atoms in total. The van der Waals surface area contributed by atoms with Gasteiger partial charge in [-0.1, -0.05) is 18.2 Å². The number of nitrogens with zero attached hydrogens (tertiary/aromatic N) is 2. The summed E-state index contributed by atoms with van der Waals surface area (Å²) in [6.45, 7) is 4.98. The molecule has 1 aromatic heterocycles. The molecular weight excluding hydrogens is 234 g/mol. The molecule has 2 aromatic rings.